The molecule has 0 fully saturated rings. The van der Waals surface area contributed by atoms with Crippen LogP contribution in [0.5, 0.6) is 0 Å². The molecular weight excluding hydrogens is 419 g/mol. The summed E-state index contributed by atoms with van der Waals surface area (Å²) in [6.45, 7) is 7.55. The van der Waals surface area contributed by atoms with Crippen molar-refractivity contribution in [2.24, 2.45) is 0 Å². The number of halogens is 4. The van der Waals surface area contributed by atoms with E-state index in [-0.39, 0.29) is 0 Å². The maximum absolute atomic E-state index is 13.1. The van der Waals surface area contributed by atoms with Gasteiger partial charge in [0, 0.05) is 23.0 Å². The Kier molecular flexibility index (Phi) is 7.14. The number of hydrogen-bond donors (Lipinski definition) is 0. The normalized spacial score (nSPS) is 12.2. The molecule has 0 bridgehead atoms. The summed E-state index contributed by atoms with van der Waals surface area (Å²) in [5.74, 6) is 1.34. The van der Waals surface area contributed by atoms with Crippen molar-refractivity contribution >= 4 is 34.4 Å². The van der Waals surface area contributed by atoms with Crippen LogP contribution in [0, 0.1) is 0 Å². The predicted octanol–water partition coefficient (Wildman–Crippen LogP) is 6.34. The summed E-state index contributed by atoms with van der Waals surface area (Å²) in [5.41, 5.74) is 0.443. The van der Waals surface area contributed by atoms with Gasteiger partial charge in [-0.15, -0.1) is 11.8 Å². The van der Waals surface area contributed by atoms with Crippen molar-refractivity contribution in [2.75, 3.05) is 19.6 Å². The van der Waals surface area contributed by atoms with Gasteiger partial charge >= 0.3 is 6.18 Å². The Morgan fingerprint density at radius 3 is 2.38 bits per heavy atom. The molecule has 0 saturated heterocycles. The number of rotatable bonds is 8. The average Bonchev–Trinajstić information content (AvgIpc) is 3.04. The lowest BCUT2D eigenvalue weighted by atomic mass is 10.2. The predicted molar refractivity (Wildman–Crippen MR) is 114 cm³/mol. The monoisotopic (exact) mass is 441 g/mol. The summed E-state index contributed by atoms with van der Waals surface area (Å²) < 4.78 is 41.4. The third kappa shape index (κ3) is 5.47. The Bertz CT molecular complexity index is 950. The Labute approximate surface area is 177 Å². The van der Waals surface area contributed by atoms with Crippen LogP contribution in [0.3, 0.4) is 0 Å². The van der Waals surface area contributed by atoms with E-state index >= 15 is 0 Å². The van der Waals surface area contributed by atoms with Gasteiger partial charge in [0.2, 0.25) is 0 Å². The fraction of sp³-hybridized carbons (Fsp3) is 0.381. The van der Waals surface area contributed by atoms with E-state index in [2.05, 4.69) is 23.7 Å². The third-order valence-electron chi connectivity index (χ3n) is 4.87. The van der Waals surface area contributed by atoms with Crippen molar-refractivity contribution < 1.29 is 13.2 Å². The van der Waals surface area contributed by atoms with Gasteiger partial charge in [-0.25, -0.2) is 4.98 Å². The highest BCUT2D eigenvalue weighted by Gasteiger charge is 2.31. The first-order valence-corrected chi connectivity index (χ1v) is 10.8. The van der Waals surface area contributed by atoms with E-state index in [0.717, 1.165) is 48.0 Å². The number of benzene rings is 2. The highest BCUT2D eigenvalue weighted by molar-refractivity contribution is 7.98. The number of alkyl halides is 3. The van der Waals surface area contributed by atoms with Crippen molar-refractivity contribution in [3.05, 3.63) is 58.9 Å². The zero-order valence-corrected chi connectivity index (χ0v) is 17.9. The van der Waals surface area contributed by atoms with Gasteiger partial charge in [0.25, 0.3) is 0 Å². The largest absolute Gasteiger partial charge is 0.416 e. The summed E-state index contributed by atoms with van der Waals surface area (Å²) in [4.78, 5) is 7.87. The minimum atomic E-state index is -4.38. The number of thioether (sulfide) groups is 1. The summed E-state index contributed by atoms with van der Waals surface area (Å²) in [5, 5.41) is 0.667. The van der Waals surface area contributed by atoms with Crippen LogP contribution in [0.2, 0.25) is 5.02 Å². The van der Waals surface area contributed by atoms with E-state index in [4.69, 9.17) is 11.6 Å². The van der Waals surface area contributed by atoms with Crippen molar-refractivity contribution in [1.29, 1.82) is 0 Å². The molecule has 1 aromatic heterocycles. The first kappa shape index (κ1) is 22.0. The van der Waals surface area contributed by atoms with Gasteiger partial charge in [-0.2, -0.15) is 13.2 Å². The van der Waals surface area contributed by atoms with Crippen LogP contribution in [0.25, 0.3) is 11.0 Å². The average molecular weight is 442 g/mol. The van der Waals surface area contributed by atoms with Crippen LogP contribution in [-0.4, -0.2) is 34.1 Å². The van der Waals surface area contributed by atoms with Gasteiger partial charge in [-0.05, 0) is 55.6 Å². The molecule has 0 aliphatic heterocycles. The summed E-state index contributed by atoms with van der Waals surface area (Å²) >= 11 is 7.52. The van der Waals surface area contributed by atoms with Crippen LogP contribution >= 0.6 is 23.4 Å². The Morgan fingerprint density at radius 2 is 1.76 bits per heavy atom. The van der Waals surface area contributed by atoms with Crippen molar-refractivity contribution in [2.45, 2.75) is 37.2 Å². The molecule has 2 aromatic carbocycles. The van der Waals surface area contributed by atoms with Crippen molar-refractivity contribution in [3.8, 4) is 0 Å². The van der Waals surface area contributed by atoms with Gasteiger partial charge in [0.05, 0.1) is 22.3 Å². The van der Waals surface area contributed by atoms with Crippen LogP contribution in [0.4, 0.5) is 13.2 Å². The van der Waals surface area contributed by atoms with Gasteiger partial charge in [0.1, 0.15) is 5.82 Å². The molecule has 0 spiro atoms. The molecule has 0 N–H and O–H groups in total. The number of nitrogens with zero attached hydrogens (tertiary/aromatic N) is 3. The van der Waals surface area contributed by atoms with E-state index < -0.39 is 11.7 Å². The van der Waals surface area contributed by atoms with Gasteiger partial charge in [-0.3, -0.25) is 0 Å². The second kappa shape index (κ2) is 9.41. The Hall–Kier alpha value is -1.70. The van der Waals surface area contributed by atoms with Crippen molar-refractivity contribution in [1.82, 2.24) is 14.5 Å². The number of imidazole rings is 1. The standard InChI is InChI=1S/C21H23ClF3N3S/c1-3-27(4-2)11-12-28-19-10-5-15(21(23,24)25)13-18(19)26-20(28)14-29-17-8-6-16(22)7-9-17/h5-10,13H,3-4,11-12,14H2,1-2H3. The number of fused-ring (bicyclic) bond motifs is 1. The molecule has 3 rings (SSSR count). The van der Waals surface area contributed by atoms with Crippen LogP contribution in [-0.2, 0) is 18.5 Å². The van der Waals surface area contributed by atoms with E-state index in [1.54, 1.807) is 11.8 Å². The quantitative estimate of drug-likeness (QED) is 0.380. The second-order valence-corrected chi connectivity index (χ2v) is 8.14. The Balaban J connectivity index is 1.91. The van der Waals surface area contributed by atoms with E-state index in [0.29, 0.717) is 22.8 Å². The fourth-order valence-electron chi connectivity index (χ4n) is 3.18. The Morgan fingerprint density at radius 1 is 1.07 bits per heavy atom. The second-order valence-electron chi connectivity index (χ2n) is 6.65. The van der Waals surface area contributed by atoms with E-state index in [9.17, 15) is 13.2 Å². The van der Waals surface area contributed by atoms with Gasteiger partial charge in [0.15, 0.2) is 0 Å². The van der Waals surface area contributed by atoms with Crippen LogP contribution in [0.15, 0.2) is 47.4 Å². The molecule has 0 amide bonds. The first-order valence-electron chi connectivity index (χ1n) is 9.49. The van der Waals surface area contributed by atoms with Crippen LogP contribution in [0.1, 0.15) is 25.2 Å². The molecule has 29 heavy (non-hydrogen) atoms. The smallest absolute Gasteiger partial charge is 0.326 e. The lowest BCUT2D eigenvalue weighted by Crippen LogP contribution is -2.27. The zero-order chi connectivity index (χ0) is 21.0. The molecule has 0 aliphatic carbocycles. The molecule has 0 aliphatic rings. The molecule has 0 unspecified atom stereocenters. The SMILES string of the molecule is CCN(CC)CCn1c(CSc2ccc(Cl)cc2)nc2cc(C(F)(F)F)ccc21. The topological polar surface area (TPSA) is 21.1 Å². The van der Waals surface area contributed by atoms with Gasteiger partial charge in [-0.1, -0.05) is 25.4 Å². The molecule has 3 aromatic rings. The maximum atomic E-state index is 13.1. The molecule has 3 nitrogen and oxygen atoms in total. The molecule has 156 valence electrons. The molecular formula is C21H23ClF3N3S. The van der Waals surface area contributed by atoms with Gasteiger partial charge < -0.3 is 9.47 Å². The summed E-state index contributed by atoms with van der Waals surface area (Å²) in [6, 6.07) is 11.3. The molecule has 0 radical (unpaired) electrons. The minimum Gasteiger partial charge on any atom is -0.326 e. The van der Waals surface area contributed by atoms with E-state index in [1.165, 1.54) is 6.07 Å². The zero-order valence-electron chi connectivity index (χ0n) is 16.3. The minimum absolute atomic E-state index is 0.381. The molecule has 0 atom stereocenters. The lowest BCUT2D eigenvalue weighted by molar-refractivity contribution is -0.137. The first-order chi connectivity index (χ1) is 13.8. The molecule has 1 heterocycles. The van der Waals surface area contributed by atoms with Crippen molar-refractivity contribution in [3.63, 3.8) is 0 Å². The molecule has 8 heteroatoms. The van der Waals surface area contributed by atoms with E-state index in [1.807, 2.05) is 28.8 Å². The highest BCUT2D eigenvalue weighted by atomic mass is 35.5. The molecule has 0 saturated carbocycles. The lowest BCUT2D eigenvalue weighted by Gasteiger charge is -2.19. The summed E-state index contributed by atoms with van der Waals surface area (Å²) in [6.07, 6.45) is -4.38. The van der Waals surface area contributed by atoms with Crippen LogP contribution < -0.4 is 0 Å². The number of likely N-dealkylation sites (N-methyl/N-ethyl adjacent to an activating group) is 1. The summed E-state index contributed by atoms with van der Waals surface area (Å²) in [7, 11) is 0. The highest BCUT2D eigenvalue weighted by Crippen LogP contribution is 2.32. The number of hydrogen-bond acceptors (Lipinski definition) is 3. The maximum Gasteiger partial charge on any atom is 0.416 e. The number of aromatic nitrogens is 2. The fourth-order valence-corrected chi connectivity index (χ4v) is 4.15. The third-order valence-corrected chi connectivity index (χ3v) is 6.13.